The number of nitrogens with one attached hydrogen (secondary N) is 1. The van der Waals surface area contributed by atoms with E-state index in [4.69, 9.17) is 0 Å². The first-order valence-electron chi connectivity index (χ1n) is 5.39. The number of H-pyrrole nitrogens is 1. The van der Waals surface area contributed by atoms with Gasteiger partial charge in [-0.05, 0) is 24.3 Å². The van der Waals surface area contributed by atoms with E-state index in [9.17, 15) is 15.0 Å². The fourth-order valence-electron chi connectivity index (χ4n) is 2.02. The van der Waals surface area contributed by atoms with Crippen molar-refractivity contribution >= 4 is 11.0 Å². The number of rotatable bonds is 1. The first kappa shape index (κ1) is 10.5. The van der Waals surface area contributed by atoms with Gasteiger partial charge in [-0.2, -0.15) is 0 Å². The molecule has 0 aliphatic heterocycles. The quantitative estimate of drug-likeness (QED) is 0.608. The van der Waals surface area contributed by atoms with Gasteiger partial charge in [0.1, 0.15) is 17.0 Å². The number of phenols is 2. The van der Waals surface area contributed by atoms with Gasteiger partial charge in [-0.15, -0.1) is 0 Å². The highest BCUT2D eigenvalue weighted by Gasteiger charge is 2.12. The second-order valence-corrected chi connectivity index (χ2v) is 3.96. The molecule has 3 rings (SSSR count). The largest absolute Gasteiger partial charge is 0.508 e. The zero-order valence-corrected chi connectivity index (χ0v) is 9.29. The molecular weight excluding hydrogens is 232 g/mol. The molecule has 3 N–H and O–H groups in total. The number of hydrogen-bond acceptors (Lipinski definition) is 3. The maximum Gasteiger partial charge on any atom is 0.331 e. The van der Waals surface area contributed by atoms with Crippen LogP contribution in [0.4, 0.5) is 0 Å². The van der Waals surface area contributed by atoms with Crippen LogP contribution in [0.15, 0.2) is 47.3 Å². The molecule has 0 atom stereocenters. The Hall–Kier alpha value is -2.69. The van der Waals surface area contributed by atoms with E-state index < -0.39 is 0 Å². The summed E-state index contributed by atoms with van der Waals surface area (Å²) in [6, 6.07) is 11.2. The molecule has 0 radical (unpaired) electrons. The van der Waals surface area contributed by atoms with E-state index in [-0.39, 0.29) is 17.2 Å². The van der Waals surface area contributed by atoms with Crippen LogP contribution in [0.25, 0.3) is 16.7 Å². The van der Waals surface area contributed by atoms with Gasteiger partial charge < -0.3 is 15.2 Å². The predicted octanol–water partition coefficient (Wildman–Crippen LogP) is 1.73. The predicted molar refractivity (Wildman–Crippen MR) is 67.2 cm³/mol. The van der Waals surface area contributed by atoms with Crippen molar-refractivity contribution in [3.8, 4) is 17.2 Å². The van der Waals surface area contributed by atoms with Crippen molar-refractivity contribution < 1.29 is 10.2 Å². The van der Waals surface area contributed by atoms with E-state index in [0.717, 1.165) is 0 Å². The average molecular weight is 242 g/mol. The van der Waals surface area contributed by atoms with Crippen LogP contribution in [0.1, 0.15) is 0 Å². The van der Waals surface area contributed by atoms with Crippen molar-refractivity contribution in [2.24, 2.45) is 0 Å². The molecule has 0 saturated heterocycles. The first-order valence-corrected chi connectivity index (χ1v) is 5.39. The number of imidazole rings is 1. The van der Waals surface area contributed by atoms with Gasteiger partial charge in [0, 0.05) is 6.07 Å². The minimum Gasteiger partial charge on any atom is -0.508 e. The fraction of sp³-hybridized carbons (Fsp3) is 0. The third-order valence-corrected chi connectivity index (χ3v) is 2.77. The molecule has 0 bridgehead atoms. The maximum atomic E-state index is 11.9. The molecule has 0 aliphatic rings. The van der Waals surface area contributed by atoms with Gasteiger partial charge in [-0.1, -0.05) is 12.1 Å². The van der Waals surface area contributed by atoms with Gasteiger partial charge in [0.05, 0.1) is 11.2 Å². The van der Waals surface area contributed by atoms with Gasteiger partial charge in [0.25, 0.3) is 0 Å². The van der Waals surface area contributed by atoms with Crippen LogP contribution in [0, 0.1) is 0 Å². The van der Waals surface area contributed by atoms with E-state index in [0.29, 0.717) is 16.7 Å². The van der Waals surface area contributed by atoms with Crippen molar-refractivity contribution in [1.29, 1.82) is 0 Å². The molecule has 0 saturated carbocycles. The molecule has 90 valence electrons. The van der Waals surface area contributed by atoms with Crippen LogP contribution in [0.5, 0.6) is 11.5 Å². The molecule has 18 heavy (non-hydrogen) atoms. The Bertz CT molecular complexity index is 786. The lowest BCUT2D eigenvalue weighted by atomic mass is 10.2. The Morgan fingerprint density at radius 2 is 1.83 bits per heavy atom. The normalized spacial score (nSPS) is 10.9. The molecule has 1 heterocycles. The van der Waals surface area contributed by atoms with Crippen molar-refractivity contribution in [1.82, 2.24) is 9.55 Å². The van der Waals surface area contributed by atoms with Crippen molar-refractivity contribution in [3.05, 3.63) is 52.9 Å². The summed E-state index contributed by atoms with van der Waals surface area (Å²) < 4.78 is 1.32. The van der Waals surface area contributed by atoms with Crippen molar-refractivity contribution in [2.75, 3.05) is 0 Å². The third-order valence-electron chi connectivity index (χ3n) is 2.77. The summed E-state index contributed by atoms with van der Waals surface area (Å²) in [6.45, 7) is 0. The number of para-hydroxylation sites is 1. The zero-order chi connectivity index (χ0) is 12.7. The lowest BCUT2D eigenvalue weighted by Gasteiger charge is -2.04. The number of aromatic amines is 1. The molecule has 0 fully saturated rings. The smallest absolute Gasteiger partial charge is 0.331 e. The Labute approximate surface area is 102 Å². The summed E-state index contributed by atoms with van der Waals surface area (Å²) in [5.74, 6) is 0.0679. The van der Waals surface area contributed by atoms with E-state index in [1.165, 1.54) is 22.8 Å². The molecule has 0 amide bonds. The Morgan fingerprint density at radius 1 is 1.06 bits per heavy atom. The number of hydrogen-bond donors (Lipinski definition) is 3. The summed E-state index contributed by atoms with van der Waals surface area (Å²) in [5.41, 5.74) is 1.07. The van der Waals surface area contributed by atoms with Crippen LogP contribution in [-0.4, -0.2) is 19.8 Å². The van der Waals surface area contributed by atoms with Gasteiger partial charge in [0.15, 0.2) is 0 Å². The summed E-state index contributed by atoms with van der Waals surface area (Å²) in [6.07, 6.45) is 0. The standard InChI is InChI=1S/C13H10N2O3/c16-9-4-1-3-8(7-9)15-12-10(14-13(15)18)5-2-6-11(12)17/h1-7,16-17H,(H,14,18). The molecule has 0 spiro atoms. The number of aromatic nitrogens is 2. The molecule has 5 heteroatoms. The SMILES string of the molecule is O=c1[nH]c2cccc(O)c2n1-c1cccc(O)c1. The Morgan fingerprint density at radius 3 is 2.61 bits per heavy atom. The van der Waals surface area contributed by atoms with Gasteiger partial charge >= 0.3 is 5.69 Å². The van der Waals surface area contributed by atoms with Crippen LogP contribution in [0.3, 0.4) is 0 Å². The van der Waals surface area contributed by atoms with Crippen LogP contribution in [0.2, 0.25) is 0 Å². The fourth-order valence-corrected chi connectivity index (χ4v) is 2.02. The highest BCUT2D eigenvalue weighted by Crippen LogP contribution is 2.25. The average Bonchev–Trinajstić information content (AvgIpc) is 2.67. The summed E-state index contributed by atoms with van der Waals surface area (Å²) in [7, 11) is 0. The lowest BCUT2D eigenvalue weighted by molar-refractivity contribution is 0.474. The molecule has 3 aromatic rings. The molecular formula is C13H10N2O3. The molecule has 1 aromatic heterocycles. The van der Waals surface area contributed by atoms with E-state index in [1.807, 2.05) is 0 Å². The monoisotopic (exact) mass is 242 g/mol. The lowest BCUT2D eigenvalue weighted by Crippen LogP contribution is -2.14. The number of benzene rings is 2. The Balaban J connectivity index is 2.42. The van der Waals surface area contributed by atoms with Gasteiger partial charge in [-0.25, -0.2) is 4.79 Å². The van der Waals surface area contributed by atoms with Crippen molar-refractivity contribution in [3.63, 3.8) is 0 Å². The summed E-state index contributed by atoms with van der Waals surface area (Å²) in [5, 5.41) is 19.3. The Kier molecular flexibility index (Phi) is 2.13. The second kappa shape index (κ2) is 3.66. The van der Waals surface area contributed by atoms with Crippen LogP contribution < -0.4 is 5.69 Å². The van der Waals surface area contributed by atoms with E-state index in [2.05, 4.69) is 4.98 Å². The maximum absolute atomic E-state index is 11.9. The molecule has 0 aliphatic carbocycles. The highest BCUT2D eigenvalue weighted by atomic mass is 16.3. The first-order chi connectivity index (χ1) is 8.66. The zero-order valence-electron chi connectivity index (χ0n) is 9.29. The van der Waals surface area contributed by atoms with Gasteiger partial charge in [-0.3, -0.25) is 4.57 Å². The third kappa shape index (κ3) is 1.45. The molecule has 0 unspecified atom stereocenters. The number of fused-ring (bicyclic) bond motifs is 1. The minimum atomic E-state index is -0.364. The van der Waals surface area contributed by atoms with Crippen LogP contribution >= 0.6 is 0 Å². The van der Waals surface area contributed by atoms with Gasteiger partial charge in [0.2, 0.25) is 0 Å². The van der Waals surface area contributed by atoms with Crippen molar-refractivity contribution in [2.45, 2.75) is 0 Å². The van der Waals surface area contributed by atoms with Crippen LogP contribution in [-0.2, 0) is 0 Å². The number of aromatic hydroxyl groups is 2. The topological polar surface area (TPSA) is 78.2 Å². The molecule has 2 aromatic carbocycles. The number of phenolic OH excluding ortho intramolecular Hbond substituents is 2. The molecule has 5 nitrogen and oxygen atoms in total. The minimum absolute atomic E-state index is 0.00851. The summed E-state index contributed by atoms with van der Waals surface area (Å²) in [4.78, 5) is 14.6. The highest BCUT2D eigenvalue weighted by molar-refractivity contribution is 5.83. The van der Waals surface area contributed by atoms with E-state index in [1.54, 1.807) is 24.3 Å². The summed E-state index contributed by atoms with van der Waals surface area (Å²) >= 11 is 0. The number of nitrogens with zero attached hydrogens (tertiary/aromatic N) is 1. The second-order valence-electron chi connectivity index (χ2n) is 3.96. The van der Waals surface area contributed by atoms with E-state index >= 15 is 0 Å².